The van der Waals surface area contributed by atoms with Gasteiger partial charge in [-0.3, -0.25) is 9.59 Å². The van der Waals surface area contributed by atoms with Crippen LogP contribution in [0.2, 0.25) is 0 Å². The number of benzene rings is 1. The predicted octanol–water partition coefficient (Wildman–Crippen LogP) is 1.68. The summed E-state index contributed by atoms with van der Waals surface area (Å²) in [4.78, 5) is 31.4. The van der Waals surface area contributed by atoms with E-state index in [-0.39, 0.29) is 23.8 Å². The number of nitrogens with zero attached hydrogens (tertiary/aromatic N) is 3. The number of carbonyl (C=O) groups is 2. The molecule has 0 aliphatic carbocycles. The third-order valence-electron chi connectivity index (χ3n) is 5.41. The lowest BCUT2D eigenvalue weighted by Crippen LogP contribution is -2.52. The van der Waals surface area contributed by atoms with Gasteiger partial charge >= 0.3 is 0 Å². The van der Waals surface area contributed by atoms with Crippen LogP contribution in [0.25, 0.3) is 0 Å². The molecule has 0 radical (unpaired) electrons. The van der Waals surface area contributed by atoms with Crippen LogP contribution < -0.4 is 0 Å². The van der Waals surface area contributed by atoms with Crippen LogP contribution in [-0.2, 0) is 9.59 Å². The monoisotopic (exact) mass is 329 g/mol. The second-order valence-electron chi connectivity index (χ2n) is 7.13. The van der Waals surface area contributed by atoms with Crippen LogP contribution in [0.1, 0.15) is 30.0 Å². The molecule has 2 amide bonds. The molecule has 2 heterocycles. The first-order valence-electron chi connectivity index (χ1n) is 8.77. The van der Waals surface area contributed by atoms with Crippen molar-refractivity contribution in [2.75, 3.05) is 40.3 Å². The third kappa shape index (κ3) is 3.31. The molecule has 1 aromatic carbocycles. The van der Waals surface area contributed by atoms with E-state index in [1.165, 1.54) is 5.56 Å². The molecule has 0 aromatic heterocycles. The molecule has 1 aromatic rings. The fraction of sp³-hybridized carbons (Fsp3) is 0.579. The van der Waals surface area contributed by atoms with E-state index in [2.05, 4.69) is 36.2 Å². The molecule has 0 saturated carbocycles. The first-order valence-corrected chi connectivity index (χ1v) is 8.77. The molecule has 5 nitrogen and oxygen atoms in total. The van der Waals surface area contributed by atoms with Gasteiger partial charge in [0.05, 0.1) is 12.0 Å². The first kappa shape index (κ1) is 17.0. The van der Waals surface area contributed by atoms with Crippen molar-refractivity contribution in [3.8, 4) is 0 Å². The van der Waals surface area contributed by atoms with Crippen LogP contribution in [0.3, 0.4) is 0 Å². The molecular weight excluding hydrogens is 302 g/mol. The average Bonchev–Trinajstić information content (AvgIpc) is 2.58. The number of rotatable bonds is 2. The van der Waals surface area contributed by atoms with E-state index in [0.29, 0.717) is 12.8 Å². The number of hydrogen-bond donors (Lipinski definition) is 0. The lowest BCUT2D eigenvalue weighted by molar-refractivity contribution is -0.147. The second-order valence-corrected chi connectivity index (χ2v) is 7.13. The van der Waals surface area contributed by atoms with Gasteiger partial charge in [0.2, 0.25) is 11.8 Å². The number of amides is 2. The predicted molar refractivity (Wildman–Crippen MR) is 93.5 cm³/mol. The molecule has 24 heavy (non-hydrogen) atoms. The summed E-state index contributed by atoms with van der Waals surface area (Å²) in [5, 5.41) is 0. The zero-order chi connectivity index (χ0) is 17.3. The smallest absolute Gasteiger partial charge is 0.228 e. The molecule has 130 valence electrons. The molecule has 2 aliphatic heterocycles. The van der Waals surface area contributed by atoms with Gasteiger partial charge in [-0.25, -0.2) is 0 Å². The summed E-state index contributed by atoms with van der Waals surface area (Å²) in [6.45, 7) is 5.45. The van der Waals surface area contributed by atoms with Gasteiger partial charge in [0.1, 0.15) is 0 Å². The summed E-state index contributed by atoms with van der Waals surface area (Å²) < 4.78 is 0. The molecule has 2 saturated heterocycles. The number of carbonyl (C=O) groups excluding carboxylic acids is 2. The number of likely N-dealkylation sites (N-methyl/N-ethyl adjacent to an activating group) is 1. The maximum atomic E-state index is 13.1. The molecule has 0 spiro atoms. The molecule has 2 aliphatic rings. The van der Waals surface area contributed by atoms with Crippen LogP contribution in [-0.4, -0.2) is 66.8 Å². The van der Waals surface area contributed by atoms with Crippen LogP contribution in [0.15, 0.2) is 24.3 Å². The van der Waals surface area contributed by atoms with Crippen molar-refractivity contribution in [1.82, 2.24) is 14.7 Å². The summed E-state index contributed by atoms with van der Waals surface area (Å²) in [5.74, 6) is 0.190. The number of aryl methyl sites for hydroxylation is 1. The molecule has 2 fully saturated rings. The second kappa shape index (κ2) is 6.93. The van der Waals surface area contributed by atoms with Gasteiger partial charge in [-0.2, -0.15) is 0 Å². The molecule has 3 rings (SSSR count). The third-order valence-corrected chi connectivity index (χ3v) is 5.41. The first-order chi connectivity index (χ1) is 11.5. The SMILES string of the molecule is Cc1ccc([C@H]2[C@@H](C(=O)N3CCN(C)CC3)CCC(=O)N2C)cc1. The highest BCUT2D eigenvalue weighted by atomic mass is 16.2. The number of piperazine rings is 1. The molecule has 2 atom stereocenters. The highest BCUT2D eigenvalue weighted by Gasteiger charge is 2.40. The Balaban J connectivity index is 1.84. The van der Waals surface area contributed by atoms with Crippen LogP contribution in [0, 0.1) is 12.8 Å². The lowest BCUT2D eigenvalue weighted by Gasteiger charge is -2.42. The van der Waals surface area contributed by atoms with Gasteiger partial charge in [-0.1, -0.05) is 29.8 Å². The van der Waals surface area contributed by atoms with Gasteiger partial charge in [0, 0.05) is 39.6 Å². The highest BCUT2D eigenvalue weighted by Crippen LogP contribution is 2.37. The number of likely N-dealkylation sites (tertiary alicyclic amines) is 1. The minimum Gasteiger partial charge on any atom is -0.340 e. The average molecular weight is 329 g/mol. The summed E-state index contributed by atoms with van der Waals surface area (Å²) in [6, 6.07) is 8.07. The Morgan fingerprint density at radius 2 is 1.67 bits per heavy atom. The Hall–Kier alpha value is -1.88. The van der Waals surface area contributed by atoms with Gasteiger partial charge < -0.3 is 14.7 Å². The van der Waals surface area contributed by atoms with Crippen molar-refractivity contribution in [2.45, 2.75) is 25.8 Å². The van der Waals surface area contributed by atoms with Gasteiger partial charge in [0.15, 0.2) is 0 Å². The van der Waals surface area contributed by atoms with E-state index in [4.69, 9.17) is 0 Å². The summed E-state index contributed by atoms with van der Waals surface area (Å²) in [5.41, 5.74) is 2.24. The summed E-state index contributed by atoms with van der Waals surface area (Å²) >= 11 is 0. The summed E-state index contributed by atoms with van der Waals surface area (Å²) in [7, 11) is 3.92. The quantitative estimate of drug-likeness (QED) is 0.829. The van der Waals surface area contributed by atoms with Gasteiger partial charge in [0.25, 0.3) is 0 Å². The molecule has 0 unspecified atom stereocenters. The highest BCUT2D eigenvalue weighted by molar-refractivity contribution is 5.85. The van der Waals surface area contributed by atoms with E-state index in [1.54, 1.807) is 4.90 Å². The van der Waals surface area contributed by atoms with Crippen LogP contribution in [0.5, 0.6) is 0 Å². The normalized spacial score (nSPS) is 25.9. The number of hydrogen-bond acceptors (Lipinski definition) is 3. The summed E-state index contributed by atoms with van der Waals surface area (Å²) in [6.07, 6.45) is 1.11. The number of piperidine rings is 1. The van der Waals surface area contributed by atoms with E-state index in [1.807, 2.05) is 18.9 Å². The van der Waals surface area contributed by atoms with E-state index < -0.39 is 0 Å². The minimum absolute atomic E-state index is 0.128. The van der Waals surface area contributed by atoms with Crippen molar-refractivity contribution in [3.63, 3.8) is 0 Å². The molecular formula is C19H27N3O2. The van der Waals surface area contributed by atoms with Gasteiger partial charge in [-0.05, 0) is 26.0 Å². The van der Waals surface area contributed by atoms with Crippen molar-refractivity contribution in [1.29, 1.82) is 0 Å². The van der Waals surface area contributed by atoms with E-state index in [0.717, 1.165) is 31.7 Å². The van der Waals surface area contributed by atoms with Gasteiger partial charge in [-0.15, -0.1) is 0 Å². The van der Waals surface area contributed by atoms with Crippen molar-refractivity contribution < 1.29 is 9.59 Å². The maximum Gasteiger partial charge on any atom is 0.228 e. The zero-order valence-corrected chi connectivity index (χ0v) is 14.9. The van der Waals surface area contributed by atoms with E-state index >= 15 is 0 Å². The Morgan fingerprint density at radius 1 is 1.04 bits per heavy atom. The maximum absolute atomic E-state index is 13.1. The molecule has 0 bridgehead atoms. The molecule has 5 heteroatoms. The molecule has 0 N–H and O–H groups in total. The Morgan fingerprint density at radius 3 is 2.29 bits per heavy atom. The lowest BCUT2D eigenvalue weighted by atomic mass is 9.83. The van der Waals surface area contributed by atoms with Crippen LogP contribution >= 0.6 is 0 Å². The Bertz CT molecular complexity index is 606. The Kier molecular flexibility index (Phi) is 4.90. The zero-order valence-electron chi connectivity index (χ0n) is 14.9. The van der Waals surface area contributed by atoms with Crippen LogP contribution in [0.4, 0.5) is 0 Å². The van der Waals surface area contributed by atoms with E-state index in [9.17, 15) is 9.59 Å². The van der Waals surface area contributed by atoms with Crippen molar-refractivity contribution in [3.05, 3.63) is 35.4 Å². The topological polar surface area (TPSA) is 43.9 Å². The largest absolute Gasteiger partial charge is 0.340 e. The van der Waals surface area contributed by atoms with Crippen molar-refractivity contribution >= 4 is 11.8 Å². The fourth-order valence-corrected chi connectivity index (χ4v) is 3.78. The minimum atomic E-state index is -0.154. The van der Waals surface area contributed by atoms with Crippen molar-refractivity contribution in [2.24, 2.45) is 5.92 Å². The fourth-order valence-electron chi connectivity index (χ4n) is 3.78. The Labute approximate surface area is 144 Å². The standard InChI is InChI=1S/C19H27N3O2/c1-14-4-6-15(7-5-14)18-16(8-9-17(23)21(18)3)19(24)22-12-10-20(2)11-13-22/h4-7,16,18H,8-13H2,1-3H3/t16-,18-/m0/s1.